The molecule has 30 heavy (non-hydrogen) atoms. The third-order valence-electron chi connectivity index (χ3n) is 5.07. The van der Waals surface area contributed by atoms with E-state index in [0.717, 1.165) is 0 Å². The first-order valence-corrected chi connectivity index (χ1v) is 8.99. The normalized spacial score (nSPS) is 21.1. The number of nitro benzene ring substituents is 1. The predicted molar refractivity (Wildman–Crippen MR) is 102 cm³/mol. The highest BCUT2D eigenvalue weighted by Gasteiger charge is 2.52. The van der Waals surface area contributed by atoms with Crippen LogP contribution in [-0.2, 0) is 4.79 Å². The SMILES string of the molecule is Cc1cc(C2CC(C(=O)Nc3ccc(C#N)cc3)NC2C(F)(F)F)ccc1[N+](=O)[O-]. The number of anilines is 1. The summed E-state index contributed by atoms with van der Waals surface area (Å²) in [5, 5.41) is 24.7. The second-order valence-electron chi connectivity index (χ2n) is 7.06. The molecule has 2 aromatic carbocycles. The van der Waals surface area contributed by atoms with Gasteiger partial charge in [0.15, 0.2) is 0 Å². The molecule has 1 heterocycles. The van der Waals surface area contributed by atoms with Gasteiger partial charge in [0.25, 0.3) is 5.69 Å². The molecule has 1 aliphatic heterocycles. The number of carbonyl (C=O) groups is 1. The van der Waals surface area contributed by atoms with Crippen molar-refractivity contribution in [2.24, 2.45) is 0 Å². The first-order chi connectivity index (χ1) is 14.1. The van der Waals surface area contributed by atoms with E-state index in [2.05, 4.69) is 10.6 Å². The Labute approximate surface area is 169 Å². The molecule has 2 N–H and O–H groups in total. The van der Waals surface area contributed by atoms with Gasteiger partial charge in [-0.05, 0) is 49.2 Å². The van der Waals surface area contributed by atoms with Crippen LogP contribution < -0.4 is 10.6 Å². The Hall–Kier alpha value is -3.45. The van der Waals surface area contributed by atoms with Gasteiger partial charge in [0, 0.05) is 23.2 Å². The highest BCUT2D eigenvalue weighted by molar-refractivity contribution is 5.95. The van der Waals surface area contributed by atoms with E-state index in [9.17, 15) is 28.1 Å². The van der Waals surface area contributed by atoms with E-state index in [1.54, 1.807) is 0 Å². The summed E-state index contributed by atoms with van der Waals surface area (Å²) in [4.78, 5) is 22.9. The molecule has 0 spiro atoms. The largest absolute Gasteiger partial charge is 0.404 e. The van der Waals surface area contributed by atoms with Gasteiger partial charge in [-0.25, -0.2) is 0 Å². The predicted octanol–water partition coefficient (Wildman–Crippen LogP) is 3.79. The minimum absolute atomic E-state index is 0.121. The summed E-state index contributed by atoms with van der Waals surface area (Å²) in [6, 6.07) is 8.67. The van der Waals surface area contributed by atoms with Crippen molar-refractivity contribution in [1.29, 1.82) is 5.26 Å². The molecule has 156 valence electrons. The summed E-state index contributed by atoms with van der Waals surface area (Å²) < 4.78 is 40.9. The fourth-order valence-corrected chi connectivity index (χ4v) is 3.60. The Bertz CT molecular complexity index is 1020. The highest BCUT2D eigenvalue weighted by atomic mass is 19.4. The van der Waals surface area contributed by atoms with Crippen LogP contribution in [0.4, 0.5) is 24.5 Å². The van der Waals surface area contributed by atoms with E-state index in [-0.39, 0.29) is 23.2 Å². The smallest absolute Gasteiger partial charge is 0.325 e. The first-order valence-electron chi connectivity index (χ1n) is 8.99. The molecule has 0 radical (unpaired) electrons. The number of nitrogens with zero attached hydrogens (tertiary/aromatic N) is 2. The van der Waals surface area contributed by atoms with Gasteiger partial charge in [0.1, 0.15) is 6.04 Å². The molecule has 1 amide bonds. The molecule has 1 saturated heterocycles. The van der Waals surface area contributed by atoms with Gasteiger partial charge in [0.05, 0.1) is 22.6 Å². The van der Waals surface area contributed by atoms with E-state index >= 15 is 0 Å². The number of nitriles is 1. The van der Waals surface area contributed by atoms with Gasteiger partial charge in [-0.1, -0.05) is 6.07 Å². The zero-order valence-corrected chi connectivity index (χ0v) is 15.7. The number of benzene rings is 2. The molecule has 3 rings (SSSR count). The number of amides is 1. The van der Waals surface area contributed by atoms with Crippen LogP contribution in [-0.4, -0.2) is 29.1 Å². The number of hydrogen-bond acceptors (Lipinski definition) is 5. The fourth-order valence-electron chi connectivity index (χ4n) is 3.60. The van der Waals surface area contributed by atoms with Crippen molar-refractivity contribution < 1.29 is 22.9 Å². The van der Waals surface area contributed by atoms with Crippen LogP contribution in [0.5, 0.6) is 0 Å². The molecule has 0 aliphatic carbocycles. The molecule has 3 atom stereocenters. The maximum atomic E-state index is 13.6. The number of carbonyl (C=O) groups excluding carboxylic acids is 1. The zero-order valence-electron chi connectivity index (χ0n) is 15.7. The highest BCUT2D eigenvalue weighted by Crippen LogP contribution is 2.40. The minimum atomic E-state index is -4.61. The third kappa shape index (κ3) is 4.41. The summed E-state index contributed by atoms with van der Waals surface area (Å²) in [6.45, 7) is 1.46. The van der Waals surface area contributed by atoms with Crippen LogP contribution in [0.25, 0.3) is 0 Å². The molecule has 0 saturated carbocycles. The number of rotatable bonds is 4. The second-order valence-corrected chi connectivity index (χ2v) is 7.06. The lowest BCUT2D eigenvalue weighted by atomic mass is 9.89. The van der Waals surface area contributed by atoms with Crippen LogP contribution in [0.2, 0.25) is 0 Å². The van der Waals surface area contributed by atoms with E-state index in [0.29, 0.717) is 11.3 Å². The molecule has 3 unspecified atom stereocenters. The maximum absolute atomic E-state index is 13.6. The van der Waals surface area contributed by atoms with E-state index in [1.165, 1.54) is 49.4 Å². The Morgan fingerprint density at radius 1 is 1.27 bits per heavy atom. The zero-order chi connectivity index (χ0) is 22.1. The minimum Gasteiger partial charge on any atom is -0.325 e. The Morgan fingerprint density at radius 2 is 1.93 bits per heavy atom. The van der Waals surface area contributed by atoms with Crippen molar-refractivity contribution in [3.63, 3.8) is 0 Å². The molecule has 10 heteroatoms. The number of alkyl halides is 3. The molecule has 1 fully saturated rings. The second kappa shape index (κ2) is 8.12. The number of hydrogen-bond donors (Lipinski definition) is 2. The topological polar surface area (TPSA) is 108 Å². The van der Waals surface area contributed by atoms with E-state index in [1.807, 2.05) is 6.07 Å². The van der Waals surface area contributed by atoms with E-state index < -0.39 is 35.0 Å². The molecule has 1 aliphatic rings. The summed E-state index contributed by atoms with van der Waals surface area (Å²) in [7, 11) is 0. The Morgan fingerprint density at radius 3 is 2.47 bits per heavy atom. The summed E-state index contributed by atoms with van der Waals surface area (Å²) >= 11 is 0. The lowest BCUT2D eigenvalue weighted by Crippen LogP contribution is -2.46. The monoisotopic (exact) mass is 418 g/mol. The quantitative estimate of drug-likeness (QED) is 0.580. The molecule has 2 aromatic rings. The first kappa shape index (κ1) is 21.3. The molecular formula is C20H17F3N4O3. The van der Waals surface area contributed by atoms with Gasteiger partial charge in [0.2, 0.25) is 5.91 Å². The van der Waals surface area contributed by atoms with Crippen molar-refractivity contribution in [2.75, 3.05) is 5.32 Å². The van der Waals surface area contributed by atoms with Crippen molar-refractivity contribution in [2.45, 2.75) is 37.5 Å². The lowest BCUT2D eigenvalue weighted by molar-refractivity contribution is -0.385. The van der Waals surface area contributed by atoms with Crippen LogP contribution in [0.15, 0.2) is 42.5 Å². The van der Waals surface area contributed by atoms with Crippen molar-refractivity contribution in [3.8, 4) is 6.07 Å². The van der Waals surface area contributed by atoms with Crippen molar-refractivity contribution in [3.05, 3.63) is 69.3 Å². The average Bonchev–Trinajstić information content (AvgIpc) is 3.14. The third-order valence-corrected chi connectivity index (χ3v) is 5.07. The van der Waals surface area contributed by atoms with Gasteiger partial charge >= 0.3 is 6.18 Å². The Balaban J connectivity index is 1.82. The van der Waals surface area contributed by atoms with Gasteiger partial charge in [-0.15, -0.1) is 0 Å². The fraction of sp³-hybridized carbons (Fsp3) is 0.300. The molecule has 0 aromatic heterocycles. The Kier molecular flexibility index (Phi) is 5.75. The lowest BCUT2D eigenvalue weighted by Gasteiger charge is -2.22. The van der Waals surface area contributed by atoms with Crippen LogP contribution >= 0.6 is 0 Å². The van der Waals surface area contributed by atoms with Crippen LogP contribution in [0.3, 0.4) is 0 Å². The van der Waals surface area contributed by atoms with Gasteiger partial charge < -0.3 is 5.32 Å². The van der Waals surface area contributed by atoms with Crippen molar-refractivity contribution in [1.82, 2.24) is 5.32 Å². The van der Waals surface area contributed by atoms with Crippen LogP contribution in [0.1, 0.15) is 29.0 Å². The van der Waals surface area contributed by atoms with Crippen molar-refractivity contribution >= 4 is 17.3 Å². The number of aryl methyl sites for hydroxylation is 1. The maximum Gasteiger partial charge on any atom is 0.404 e. The van der Waals surface area contributed by atoms with E-state index in [4.69, 9.17) is 5.26 Å². The summed E-state index contributed by atoms with van der Waals surface area (Å²) in [5.41, 5.74) is 1.10. The summed E-state index contributed by atoms with van der Waals surface area (Å²) in [5.74, 6) is -1.70. The van der Waals surface area contributed by atoms with Gasteiger partial charge in [-0.3, -0.25) is 20.2 Å². The summed E-state index contributed by atoms with van der Waals surface area (Å²) in [6.07, 6.45) is -4.73. The number of nitrogens with one attached hydrogen (secondary N) is 2. The average molecular weight is 418 g/mol. The number of halogens is 3. The number of nitro groups is 1. The molecular weight excluding hydrogens is 401 g/mol. The molecule has 0 bridgehead atoms. The molecule has 7 nitrogen and oxygen atoms in total. The standard InChI is InChI=1S/C20H17F3N4O3/c1-11-8-13(4-7-17(11)27(29)30)15-9-16(26-18(15)20(21,22)23)19(28)25-14-5-2-12(10-24)3-6-14/h2-8,15-16,18,26H,9H2,1H3,(H,25,28). The van der Waals surface area contributed by atoms with Crippen LogP contribution in [0, 0.1) is 28.4 Å². The van der Waals surface area contributed by atoms with Gasteiger partial charge in [-0.2, -0.15) is 18.4 Å².